The van der Waals surface area contributed by atoms with Crippen molar-refractivity contribution in [3.63, 3.8) is 0 Å². The number of nitrogens with zero attached hydrogens (tertiary/aromatic N) is 3. The Morgan fingerprint density at radius 3 is 2.13 bits per heavy atom. The molecule has 262 valence electrons. The Balaban J connectivity index is 1.09. The first-order valence-electron chi connectivity index (χ1n) is 19.1. The number of benzene rings is 7. The number of rotatable bonds is 4. The van der Waals surface area contributed by atoms with E-state index in [0.717, 1.165) is 30.0 Å². The number of hydrogen-bond donors (Lipinski definition) is 0. The quantitative estimate of drug-likeness (QED) is 0.180. The van der Waals surface area contributed by atoms with Gasteiger partial charge in [0.25, 0.3) is 0 Å². The van der Waals surface area contributed by atoms with E-state index in [1.165, 1.54) is 76.5 Å². The zero-order valence-electron chi connectivity index (χ0n) is 30.3. The van der Waals surface area contributed by atoms with E-state index in [1.54, 1.807) is 0 Å². The van der Waals surface area contributed by atoms with Gasteiger partial charge in [0, 0.05) is 55.7 Å². The third kappa shape index (κ3) is 5.39. The van der Waals surface area contributed by atoms with E-state index < -0.39 is 0 Å². The number of allylic oxidation sites excluding steroid dienone is 1. The first-order chi connectivity index (χ1) is 27.2. The third-order valence-corrected chi connectivity index (χ3v) is 12.9. The summed E-state index contributed by atoms with van der Waals surface area (Å²) in [6.45, 7) is 4.73. The van der Waals surface area contributed by atoms with Crippen molar-refractivity contribution in [2.45, 2.75) is 28.9 Å². The molecule has 4 heteroatoms. The summed E-state index contributed by atoms with van der Waals surface area (Å²) in [6.07, 6.45) is 3.85. The Bertz CT molecular complexity index is 2950. The number of para-hydroxylation sites is 1. The Kier molecular flexibility index (Phi) is 7.53. The van der Waals surface area contributed by atoms with Gasteiger partial charge in [-0.15, -0.1) is 11.8 Å². The largest absolute Gasteiger partial charge is 0.309 e. The minimum absolute atomic E-state index is 0.192. The van der Waals surface area contributed by atoms with Crippen molar-refractivity contribution < 1.29 is 0 Å². The fourth-order valence-corrected chi connectivity index (χ4v) is 10.5. The maximum atomic E-state index is 5.12. The lowest BCUT2D eigenvalue weighted by Crippen LogP contribution is -2.28. The summed E-state index contributed by atoms with van der Waals surface area (Å²) in [4.78, 5) is 8.80. The van der Waals surface area contributed by atoms with Crippen molar-refractivity contribution in [2.24, 2.45) is 0 Å². The molecule has 0 fully saturated rings. The van der Waals surface area contributed by atoms with Crippen LogP contribution in [0, 0.1) is 0 Å². The van der Waals surface area contributed by atoms with Crippen molar-refractivity contribution in [3.8, 4) is 27.9 Å². The van der Waals surface area contributed by atoms with Gasteiger partial charge >= 0.3 is 0 Å². The lowest BCUT2D eigenvalue weighted by Gasteiger charge is -2.39. The number of aromatic nitrogens is 2. The zero-order valence-corrected chi connectivity index (χ0v) is 31.1. The van der Waals surface area contributed by atoms with Gasteiger partial charge in [-0.2, -0.15) is 0 Å². The van der Waals surface area contributed by atoms with Crippen LogP contribution in [-0.2, 0) is 0 Å². The summed E-state index contributed by atoms with van der Waals surface area (Å²) in [5, 5.41) is 5.46. The summed E-state index contributed by atoms with van der Waals surface area (Å²) >= 11 is 2.02. The molecule has 0 amide bonds. The predicted molar refractivity (Wildman–Crippen MR) is 232 cm³/mol. The summed E-state index contributed by atoms with van der Waals surface area (Å²) in [7, 11) is 0. The molecule has 2 atom stereocenters. The van der Waals surface area contributed by atoms with Crippen LogP contribution in [0.1, 0.15) is 29.9 Å². The molecule has 11 rings (SSSR count). The van der Waals surface area contributed by atoms with Gasteiger partial charge < -0.3 is 4.57 Å². The standard InChI is InChI=1S/C51H37N3S/c1-33-26-42-30-44(43-20-11-25-52-51(43)53(33)41-19-10-16-37(28-41)34-12-4-2-5-13-34)47-31-49-46(32-50(47)55-42)45-29-39(38-22-21-35-14-8-9-15-36(35)27-38)23-24-48(45)54(49)40-17-6-3-7-18-40/h2-25,27-29,31-32,42,44H,1,26,30H2. The Morgan fingerprint density at radius 2 is 1.25 bits per heavy atom. The molecule has 2 aliphatic rings. The van der Waals surface area contributed by atoms with Gasteiger partial charge in [0.1, 0.15) is 5.82 Å². The lowest BCUT2D eigenvalue weighted by molar-refractivity contribution is 0.633. The molecule has 0 aliphatic carbocycles. The number of anilines is 2. The van der Waals surface area contributed by atoms with E-state index in [-0.39, 0.29) is 5.92 Å². The molecule has 9 aromatic rings. The van der Waals surface area contributed by atoms with Crippen molar-refractivity contribution in [1.82, 2.24) is 9.55 Å². The molecule has 0 spiro atoms. The van der Waals surface area contributed by atoms with Crippen molar-refractivity contribution in [2.75, 3.05) is 4.90 Å². The summed E-state index contributed by atoms with van der Waals surface area (Å²) in [6, 6.07) is 62.1. The third-order valence-electron chi connectivity index (χ3n) is 11.6. The Morgan fingerprint density at radius 1 is 0.545 bits per heavy atom. The van der Waals surface area contributed by atoms with Crippen LogP contribution < -0.4 is 4.90 Å². The van der Waals surface area contributed by atoms with Crippen LogP contribution >= 0.6 is 11.8 Å². The monoisotopic (exact) mass is 723 g/mol. The topological polar surface area (TPSA) is 21.1 Å². The fraction of sp³-hybridized carbons (Fsp3) is 0.0784. The number of thioether (sulfide) groups is 1. The second-order valence-electron chi connectivity index (χ2n) is 14.8. The van der Waals surface area contributed by atoms with Crippen molar-refractivity contribution in [1.29, 1.82) is 0 Å². The average molecular weight is 724 g/mol. The average Bonchev–Trinajstić information content (AvgIpc) is 3.55. The van der Waals surface area contributed by atoms with Gasteiger partial charge in [-0.05, 0) is 112 Å². The van der Waals surface area contributed by atoms with E-state index in [4.69, 9.17) is 11.6 Å². The summed E-state index contributed by atoms with van der Waals surface area (Å²) in [5.74, 6) is 1.17. The number of pyridine rings is 1. The molecule has 0 N–H and O–H groups in total. The summed E-state index contributed by atoms with van der Waals surface area (Å²) < 4.78 is 2.46. The van der Waals surface area contributed by atoms with Gasteiger partial charge in [-0.3, -0.25) is 4.90 Å². The minimum Gasteiger partial charge on any atom is -0.309 e. The predicted octanol–water partition coefficient (Wildman–Crippen LogP) is 13.7. The van der Waals surface area contributed by atoms with Gasteiger partial charge in [0.2, 0.25) is 0 Å². The molecule has 3 nitrogen and oxygen atoms in total. The molecule has 2 unspecified atom stereocenters. The molecule has 55 heavy (non-hydrogen) atoms. The normalized spacial score (nSPS) is 16.5. The second-order valence-corrected chi connectivity index (χ2v) is 16.2. The molecule has 0 saturated carbocycles. The van der Waals surface area contributed by atoms with Crippen LogP contribution in [-0.4, -0.2) is 14.8 Å². The van der Waals surface area contributed by atoms with E-state index in [9.17, 15) is 0 Å². The van der Waals surface area contributed by atoms with Crippen LogP contribution in [0.15, 0.2) is 193 Å². The zero-order chi connectivity index (χ0) is 36.5. The minimum atomic E-state index is 0.192. The van der Waals surface area contributed by atoms with Crippen LogP contribution in [0.2, 0.25) is 0 Å². The first kappa shape index (κ1) is 32.1. The molecule has 0 radical (unpaired) electrons. The van der Waals surface area contributed by atoms with Crippen LogP contribution in [0.3, 0.4) is 0 Å². The molecule has 2 bridgehead atoms. The highest BCUT2D eigenvalue weighted by Crippen LogP contribution is 2.53. The van der Waals surface area contributed by atoms with Gasteiger partial charge in [-0.1, -0.05) is 116 Å². The highest BCUT2D eigenvalue weighted by atomic mass is 32.2. The molecule has 2 aliphatic heterocycles. The van der Waals surface area contributed by atoms with Crippen LogP contribution in [0.25, 0.3) is 60.5 Å². The van der Waals surface area contributed by atoms with Crippen LogP contribution in [0.4, 0.5) is 11.5 Å². The lowest BCUT2D eigenvalue weighted by atomic mass is 9.84. The highest BCUT2D eigenvalue weighted by molar-refractivity contribution is 8.00. The summed E-state index contributed by atoms with van der Waals surface area (Å²) in [5.41, 5.74) is 13.3. The highest BCUT2D eigenvalue weighted by Gasteiger charge is 2.36. The Labute approximate surface area is 325 Å². The second kappa shape index (κ2) is 12.9. The molecule has 2 aromatic heterocycles. The number of hydrogen-bond acceptors (Lipinski definition) is 3. The maximum absolute atomic E-state index is 5.12. The van der Waals surface area contributed by atoms with Crippen LogP contribution in [0.5, 0.6) is 0 Å². The number of fused-ring (bicyclic) bond motifs is 10. The fourth-order valence-electron chi connectivity index (χ4n) is 9.01. The first-order valence-corrected chi connectivity index (χ1v) is 20.0. The van der Waals surface area contributed by atoms with Gasteiger partial charge in [0.15, 0.2) is 0 Å². The van der Waals surface area contributed by atoms with Gasteiger partial charge in [-0.25, -0.2) is 4.98 Å². The smallest absolute Gasteiger partial charge is 0.141 e. The molecular formula is C51H37N3S. The van der Waals surface area contributed by atoms with Crippen molar-refractivity contribution in [3.05, 3.63) is 199 Å². The van der Waals surface area contributed by atoms with Crippen molar-refractivity contribution >= 4 is 55.8 Å². The van der Waals surface area contributed by atoms with E-state index in [0.29, 0.717) is 5.25 Å². The maximum Gasteiger partial charge on any atom is 0.141 e. The van der Waals surface area contributed by atoms with E-state index >= 15 is 0 Å². The molecular weight excluding hydrogens is 687 g/mol. The van der Waals surface area contributed by atoms with E-state index in [1.807, 2.05) is 18.0 Å². The van der Waals surface area contributed by atoms with E-state index in [2.05, 4.69) is 179 Å². The van der Waals surface area contributed by atoms with Gasteiger partial charge in [0.05, 0.1) is 11.0 Å². The molecule has 4 heterocycles. The molecule has 0 saturated heterocycles. The Hall–Kier alpha value is -6.36. The SMILES string of the molecule is C=C1CC2CC(c3cc4c(cc3S2)c2cc(-c3ccc5ccccc5c3)ccc2n4-c2ccccc2)c2cccnc2N1c1cccc(-c2ccccc2)c1. The molecule has 7 aromatic carbocycles.